The zero-order valence-corrected chi connectivity index (χ0v) is 20.7. The minimum Gasteiger partial charge on any atom is -0.357 e. The lowest BCUT2D eigenvalue weighted by molar-refractivity contribution is 0.341. The van der Waals surface area contributed by atoms with Gasteiger partial charge in [-0.15, -0.1) is 0 Å². The molecule has 0 unspecified atom stereocenters. The molecule has 0 atom stereocenters. The third kappa shape index (κ3) is 6.59. The van der Waals surface area contributed by atoms with Crippen LogP contribution in [0.5, 0.6) is 0 Å². The highest BCUT2D eigenvalue weighted by Crippen LogP contribution is 2.24. The molecule has 1 aliphatic heterocycles. The van der Waals surface area contributed by atoms with Gasteiger partial charge < -0.3 is 9.47 Å². The molecule has 0 saturated carbocycles. The van der Waals surface area contributed by atoms with Crippen LogP contribution in [0.15, 0.2) is 36.5 Å². The summed E-state index contributed by atoms with van der Waals surface area (Å²) in [7, 11) is 0. The number of unbranched alkanes of at least 4 members (excludes halogenated alkanes) is 1. The summed E-state index contributed by atoms with van der Waals surface area (Å²) in [4.78, 5) is 2.01. The topological polar surface area (TPSA) is 32.0 Å². The summed E-state index contributed by atoms with van der Waals surface area (Å²) in [5.41, 5.74) is 1.00. The monoisotopic (exact) mass is 457 g/mol. The van der Waals surface area contributed by atoms with E-state index < -0.39 is 0 Å². The number of nitrogens with zero attached hydrogens (tertiary/aromatic N) is 2. The third-order valence-electron chi connectivity index (χ3n) is 5.61. The first kappa shape index (κ1) is 25.9. The number of hydrogen-bond acceptors (Lipinski definition) is 1. The molecule has 0 amide bonds. The second kappa shape index (κ2) is 13.3. The van der Waals surface area contributed by atoms with Crippen LogP contribution in [0.3, 0.4) is 0 Å². The van der Waals surface area contributed by atoms with Crippen molar-refractivity contribution < 1.29 is 4.39 Å². The molecule has 1 saturated heterocycles. The number of amidine groups is 1. The van der Waals surface area contributed by atoms with E-state index in [0.29, 0.717) is 28.5 Å². The van der Waals surface area contributed by atoms with Crippen molar-refractivity contribution >= 4 is 29.6 Å². The van der Waals surface area contributed by atoms with Crippen LogP contribution in [0, 0.1) is 11.2 Å². The Hall–Kier alpha value is -2.33. The van der Waals surface area contributed by atoms with E-state index in [-0.39, 0.29) is 5.82 Å². The average Bonchev–Trinajstić information content (AvgIpc) is 3.21. The first-order chi connectivity index (χ1) is 15.5. The Morgan fingerprint density at radius 1 is 1.19 bits per heavy atom. The SMILES string of the molecule is C/C=c1/ccn(Cc2c(F)cc(C(=N)N3CCCCC3)cc2Cl)/c1=C/C=C\CCC.CC. The van der Waals surface area contributed by atoms with Crippen molar-refractivity contribution in [2.24, 2.45) is 0 Å². The molecule has 3 rings (SSSR count). The summed E-state index contributed by atoms with van der Waals surface area (Å²) in [6, 6.07) is 5.22. The van der Waals surface area contributed by atoms with Crippen LogP contribution in [0.4, 0.5) is 4.39 Å². The molecular formula is C27H37ClFN3. The Kier molecular flexibility index (Phi) is 10.8. The molecule has 1 aromatic heterocycles. The fourth-order valence-electron chi connectivity index (χ4n) is 3.86. The summed E-state index contributed by atoms with van der Waals surface area (Å²) in [6.07, 6.45) is 15.8. The zero-order valence-electron chi connectivity index (χ0n) is 19.9. The molecule has 1 aliphatic rings. The van der Waals surface area contributed by atoms with Gasteiger partial charge in [0.2, 0.25) is 0 Å². The highest BCUT2D eigenvalue weighted by Gasteiger charge is 2.18. The Balaban J connectivity index is 0.00000176. The van der Waals surface area contributed by atoms with Gasteiger partial charge in [0.25, 0.3) is 0 Å². The minimum atomic E-state index is -0.359. The summed E-state index contributed by atoms with van der Waals surface area (Å²) in [5, 5.41) is 11.0. The van der Waals surface area contributed by atoms with Gasteiger partial charge in [-0.3, -0.25) is 5.41 Å². The van der Waals surface area contributed by atoms with Gasteiger partial charge in [-0.25, -0.2) is 4.39 Å². The van der Waals surface area contributed by atoms with E-state index in [2.05, 4.69) is 31.2 Å². The lowest BCUT2D eigenvalue weighted by Gasteiger charge is -2.29. The number of aromatic nitrogens is 1. The maximum absolute atomic E-state index is 15.1. The van der Waals surface area contributed by atoms with Crippen molar-refractivity contribution in [2.75, 3.05) is 13.1 Å². The normalized spacial score (nSPS) is 15.2. The number of benzene rings is 1. The standard InChI is InChI=1S/C25H31ClFN3.C2H6/c1-3-5-6-8-11-24-19(4-2)12-15-30(24)18-21-22(26)16-20(17-23(21)27)25(28)29-13-9-7-10-14-29;1-2/h4,6,8,11-12,15-17,28H,3,5,7,9-10,13-14,18H2,1-2H3;1-2H3/b8-6-,19-4-,24-11+,28-25?;. The van der Waals surface area contributed by atoms with E-state index >= 15 is 4.39 Å². The van der Waals surface area contributed by atoms with Crippen LogP contribution in [0.25, 0.3) is 12.2 Å². The van der Waals surface area contributed by atoms with Crippen molar-refractivity contribution in [3.8, 4) is 0 Å². The van der Waals surface area contributed by atoms with Crippen LogP contribution in [0.1, 0.15) is 70.9 Å². The van der Waals surface area contributed by atoms with E-state index in [9.17, 15) is 0 Å². The molecule has 174 valence electrons. The minimum absolute atomic E-state index is 0.350. The van der Waals surface area contributed by atoms with Crippen molar-refractivity contribution in [3.05, 3.63) is 69.1 Å². The van der Waals surface area contributed by atoms with Crippen molar-refractivity contribution in [3.63, 3.8) is 0 Å². The summed E-state index contributed by atoms with van der Waals surface area (Å²) < 4.78 is 17.1. The van der Waals surface area contributed by atoms with Crippen LogP contribution < -0.4 is 10.6 Å². The number of hydrogen-bond donors (Lipinski definition) is 1. The predicted octanol–water partition coefficient (Wildman–Crippen LogP) is 6.10. The first-order valence-electron chi connectivity index (χ1n) is 11.8. The Labute approximate surface area is 197 Å². The molecule has 0 aliphatic carbocycles. The number of nitrogens with one attached hydrogen (secondary N) is 1. The fourth-order valence-corrected chi connectivity index (χ4v) is 4.13. The maximum atomic E-state index is 15.1. The lowest BCUT2D eigenvalue weighted by atomic mass is 10.1. The lowest BCUT2D eigenvalue weighted by Crippen LogP contribution is -2.35. The third-order valence-corrected chi connectivity index (χ3v) is 5.95. The molecule has 0 bridgehead atoms. The number of rotatable bonds is 6. The van der Waals surface area contributed by atoms with Crippen LogP contribution in [-0.2, 0) is 6.54 Å². The Morgan fingerprint density at radius 3 is 2.53 bits per heavy atom. The summed E-state index contributed by atoms with van der Waals surface area (Å²) in [6.45, 7) is 10.2. The maximum Gasteiger partial charge on any atom is 0.130 e. The molecular weight excluding hydrogens is 421 g/mol. The van der Waals surface area contributed by atoms with Gasteiger partial charge in [0, 0.05) is 40.8 Å². The van der Waals surface area contributed by atoms with Gasteiger partial charge in [-0.1, -0.05) is 57.0 Å². The van der Waals surface area contributed by atoms with E-state index in [1.807, 2.05) is 42.5 Å². The van der Waals surface area contributed by atoms with Gasteiger partial charge in [-0.05, 0) is 62.1 Å². The molecule has 0 radical (unpaired) electrons. The molecule has 1 aromatic carbocycles. The molecule has 5 heteroatoms. The van der Waals surface area contributed by atoms with Gasteiger partial charge in [0.05, 0.1) is 6.54 Å². The van der Waals surface area contributed by atoms with Crippen LogP contribution in [0.2, 0.25) is 5.02 Å². The number of halogens is 2. The van der Waals surface area contributed by atoms with Gasteiger partial charge in [0.15, 0.2) is 0 Å². The van der Waals surface area contributed by atoms with Crippen molar-refractivity contribution in [2.45, 2.75) is 66.3 Å². The molecule has 0 spiro atoms. The van der Waals surface area contributed by atoms with Gasteiger partial charge >= 0.3 is 0 Å². The highest BCUT2D eigenvalue weighted by molar-refractivity contribution is 6.31. The number of likely N-dealkylation sites (tertiary alicyclic amines) is 1. The fraction of sp³-hybridized carbons (Fsp3) is 0.444. The average molecular weight is 458 g/mol. The van der Waals surface area contributed by atoms with Crippen LogP contribution >= 0.6 is 11.6 Å². The molecule has 2 heterocycles. The largest absolute Gasteiger partial charge is 0.357 e. The van der Waals surface area contributed by atoms with Gasteiger partial charge in [-0.2, -0.15) is 0 Å². The van der Waals surface area contributed by atoms with E-state index in [0.717, 1.165) is 49.3 Å². The molecule has 1 fully saturated rings. The van der Waals surface area contributed by atoms with Gasteiger partial charge in [0.1, 0.15) is 11.7 Å². The first-order valence-corrected chi connectivity index (χ1v) is 12.2. The molecule has 3 nitrogen and oxygen atoms in total. The second-order valence-electron chi connectivity index (χ2n) is 7.77. The Morgan fingerprint density at radius 2 is 1.91 bits per heavy atom. The van der Waals surface area contributed by atoms with Crippen molar-refractivity contribution in [1.29, 1.82) is 5.41 Å². The molecule has 1 N–H and O–H groups in total. The smallest absolute Gasteiger partial charge is 0.130 e. The molecule has 32 heavy (non-hydrogen) atoms. The van der Waals surface area contributed by atoms with E-state index in [4.69, 9.17) is 17.0 Å². The van der Waals surface area contributed by atoms with E-state index in [1.165, 1.54) is 12.5 Å². The Bertz CT molecular complexity index is 1010. The summed E-state index contributed by atoms with van der Waals surface area (Å²) >= 11 is 6.51. The zero-order chi connectivity index (χ0) is 23.5. The predicted molar refractivity (Wildman–Crippen MR) is 136 cm³/mol. The summed E-state index contributed by atoms with van der Waals surface area (Å²) in [5.74, 6) is 0.00318. The van der Waals surface area contributed by atoms with E-state index in [1.54, 1.807) is 6.07 Å². The quantitative estimate of drug-likeness (QED) is 0.412. The highest BCUT2D eigenvalue weighted by atomic mass is 35.5. The number of allylic oxidation sites excluding steroid dienone is 2. The van der Waals surface area contributed by atoms with Crippen LogP contribution in [-0.4, -0.2) is 28.4 Å². The second-order valence-corrected chi connectivity index (χ2v) is 8.18. The molecule has 2 aromatic rings. The van der Waals surface area contributed by atoms with Crippen molar-refractivity contribution in [1.82, 2.24) is 9.47 Å². The number of piperidine rings is 1.